The van der Waals surface area contributed by atoms with Crippen molar-refractivity contribution in [3.63, 3.8) is 0 Å². The Morgan fingerprint density at radius 1 is 0.894 bits per heavy atom. The maximum absolute atomic E-state index is 14.4. The van der Waals surface area contributed by atoms with Crippen LogP contribution < -0.4 is 0 Å². The Morgan fingerprint density at radius 3 is 2.30 bits per heavy atom. The number of hydrogen-bond donors (Lipinski definition) is 3. The first-order chi connectivity index (χ1) is 31.2. The van der Waals surface area contributed by atoms with Gasteiger partial charge in [-0.2, -0.15) is 0 Å². The number of aliphatic hydroxyl groups excluding tert-OH is 2. The number of Topliss-reactive ketones (excluding diaryl/α,β-unsaturated/α-hetero) is 3. The molecule has 4 aliphatic rings. The van der Waals surface area contributed by atoms with Gasteiger partial charge in [-0.1, -0.05) is 84.9 Å². The molecule has 3 aliphatic heterocycles. The molecule has 1 amide bonds. The van der Waals surface area contributed by atoms with Crippen LogP contribution in [0.3, 0.4) is 0 Å². The van der Waals surface area contributed by atoms with E-state index in [0.29, 0.717) is 50.5 Å². The molecule has 13 nitrogen and oxygen atoms in total. The van der Waals surface area contributed by atoms with Crippen LogP contribution >= 0.6 is 0 Å². The number of piperidine rings is 1. The SMILES string of the molecule is CO[C@H]1C[C@@H]2CC[C@@H](C)[C@@](O)(O2)C(=O)C(=O)N2CCCC[C@H]2C(=O)O[C@H](C(C)C[C@@H]2CC[C@@H](OCCO)[C@H](C)C2)CC(=O)[C@H](C)/C=C(\C)[C@@H](O)[C@@H](C)C(=O)[C@H](C)C[C@H](C)/C=C/C=C/C=C/1C. The van der Waals surface area contributed by atoms with E-state index in [1.165, 1.54) is 4.90 Å². The smallest absolute Gasteiger partial charge is 0.329 e. The second-order valence-electron chi connectivity index (χ2n) is 20.5. The Hall–Kier alpha value is -3.33. The van der Waals surface area contributed by atoms with Gasteiger partial charge in [-0.3, -0.25) is 19.2 Å². The molecule has 3 heterocycles. The molecule has 1 saturated carbocycles. The summed E-state index contributed by atoms with van der Waals surface area (Å²) in [5.41, 5.74) is 1.40. The summed E-state index contributed by atoms with van der Waals surface area (Å²) in [6, 6.07) is -1.11. The molecule has 1 aliphatic carbocycles. The van der Waals surface area contributed by atoms with Crippen LogP contribution in [0.25, 0.3) is 0 Å². The summed E-state index contributed by atoms with van der Waals surface area (Å²) in [6.45, 7) is 17.2. The Bertz CT molecular complexity index is 1770. The zero-order valence-corrected chi connectivity index (χ0v) is 41.6. The molecule has 0 aromatic rings. The lowest BCUT2D eigenvalue weighted by Crippen LogP contribution is -2.61. The number of ketones is 3. The Morgan fingerprint density at radius 2 is 1.62 bits per heavy atom. The highest BCUT2D eigenvalue weighted by Gasteiger charge is 2.53. The monoisotopic (exact) mass is 926 g/mol. The number of cyclic esters (lactones) is 1. The second kappa shape index (κ2) is 25.9. The van der Waals surface area contributed by atoms with E-state index in [9.17, 15) is 39.3 Å². The number of carbonyl (C=O) groups excluding carboxylic acids is 5. The van der Waals surface area contributed by atoms with Crippen LogP contribution in [0.5, 0.6) is 0 Å². The summed E-state index contributed by atoms with van der Waals surface area (Å²) >= 11 is 0. The first-order valence-electron chi connectivity index (χ1n) is 24.9. The van der Waals surface area contributed by atoms with Gasteiger partial charge in [0, 0.05) is 50.2 Å². The molecule has 0 aromatic heterocycles. The summed E-state index contributed by atoms with van der Waals surface area (Å²) in [5, 5.41) is 32.7. The largest absolute Gasteiger partial charge is 0.460 e. The third kappa shape index (κ3) is 14.8. The Balaban J connectivity index is 1.67. The summed E-state index contributed by atoms with van der Waals surface area (Å²) in [4.78, 5) is 71.9. The minimum Gasteiger partial charge on any atom is -0.460 e. The van der Waals surface area contributed by atoms with Crippen molar-refractivity contribution in [3.05, 3.63) is 47.6 Å². The van der Waals surface area contributed by atoms with E-state index in [-0.39, 0.29) is 79.9 Å². The van der Waals surface area contributed by atoms with Gasteiger partial charge < -0.3 is 39.2 Å². The van der Waals surface area contributed by atoms with Gasteiger partial charge in [-0.15, -0.1) is 0 Å². The summed E-state index contributed by atoms with van der Waals surface area (Å²) in [5.74, 6) is -7.57. The van der Waals surface area contributed by atoms with Crippen molar-refractivity contribution in [2.75, 3.05) is 26.9 Å². The first kappa shape index (κ1) is 55.3. The van der Waals surface area contributed by atoms with E-state index in [2.05, 4.69) is 6.92 Å². The van der Waals surface area contributed by atoms with Gasteiger partial charge in [0.05, 0.1) is 37.6 Å². The maximum atomic E-state index is 14.4. The zero-order chi connectivity index (χ0) is 48.9. The number of rotatable bonds is 7. The fourth-order valence-electron chi connectivity index (χ4n) is 10.7. The van der Waals surface area contributed by atoms with Gasteiger partial charge in [-0.05, 0) is 113 Å². The zero-order valence-electron chi connectivity index (χ0n) is 41.6. The highest BCUT2D eigenvalue weighted by Crippen LogP contribution is 2.38. The molecular formula is C53H83NO12. The average molecular weight is 926 g/mol. The number of esters is 1. The summed E-state index contributed by atoms with van der Waals surface area (Å²) in [6.07, 6.45) is 14.9. The van der Waals surface area contributed by atoms with Crippen LogP contribution in [-0.2, 0) is 42.9 Å². The summed E-state index contributed by atoms with van der Waals surface area (Å²) < 4.78 is 24.2. The Labute approximate surface area is 394 Å². The van der Waals surface area contributed by atoms with Crippen molar-refractivity contribution in [1.82, 2.24) is 4.90 Å². The molecule has 4 rings (SSSR count). The minimum absolute atomic E-state index is 0.0395. The van der Waals surface area contributed by atoms with Crippen LogP contribution in [-0.4, -0.2) is 119 Å². The molecule has 13 heteroatoms. The molecule has 15 atom stereocenters. The third-order valence-corrected chi connectivity index (χ3v) is 15.0. The topological polar surface area (TPSA) is 186 Å². The number of fused-ring (bicyclic) bond motifs is 3. The number of carbonyl (C=O) groups is 5. The van der Waals surface area contributed by atoms with Gasteiger partial charge >= 0.3 is 5.97 Å². The van der Waals surface area contributed by atoms with Crippen molar-refractivity contribution in [3.8, 4) is 0 Å². The molecule has 3 fully saturated rings. The van der Waals surface area contributed by atoms with Crippen molar-refractivity contribution >= 4 is 29.2 Å². The van der Waals surface area contributed by atoms with E-state index in [0.717, 1.165) is 24.8 Å². The van der Waals surface area contributed by atoms with Gasteiger partial charge in [0.15, 0.2) is 0 Å². The molecule has 66 heavy (non-hydrogen) atoms. The van der Waals surface area contributed by atoms with E-state index in [1.807, 2.05) is 58.1 Å². The predicted molar refractivity (Wildman–Crippen MR) is 253 cm³/mol. The van der Waals surface area contributed by atoms with E-state index < -0.39 is 71.7 Å². The molecule has 3 N–H and O–H groups in total. The molecule has 372 valence electrons. The van der Waals surface area contributed by atoms with E-state index >= 15 is 0 Å². The quantitative estimate of drug-likeness (QED) is 0.130. The van der Waals surface area contributed by atoms with Crippen molar-refractivity contribution < 1.29 is 58.2 Å². The number of nitrogens with zero attached hydrogens (tertiary/aromatic N) is 1. The predicted octanol–water partition coefficient (Wildman–Crippen LogP) is 7.44. The molecule has 0 spiro atoms. The second-order valence-corrected chi connectivity index (χ2v) is 20.5. The van der Waals surface area contributed by atoms with E-state index in [4.69, 9.17) is 18.9 Å². The van der Waals surface area contributed by atoms with E-state index in [1.54, 1.807) is 40.9 Å². The van der Waals surface area contributed by atoms with Crippen molar-refractivity contribution in [2.45, 2.75) is 182 Å². The molecular weight excluding hydrogens is 843 g/mol. The fraction of sp³-hybridized carbons (Fsp3) is 0.755. The number of hydrogen-bond acceptors (Lipinski definition) is 12. The molecule has 1 unspecified atom stereocenters. The first-order valence-corrected chi connectivity index (χ1v) is 24.9. The minimum atomic E-state index is -2.41. The number of aliphatic hydroxyl groups is 3. The van der Waals surface area contributed by atoms with Gasteiger partial charge in [0.25, 0.3) is 11.7 Å². The number of methoxy groups -OCH3 is 1. The highest BCUT2D eigenvalue weighted by atomic mass is 16.6. The van der Waals surface area contributed by atoms with Crippen LogP contribution in [0, 0.1) is 47.3 Å². The highest BCUT2D eigenvalue weighted by molar-refractivity contribution is 6.39. The number of allylic oxidation sites excluding steroid dienone is 6. The standard InChI is InChI=1S/C53H83NO12/c1-32-16-12-11-13-17-33(2)46(63-10)30-42-21-19-39(8)53(62,66-42)50(59)51(60)54-23-15-14-18-43(54)52(61)65-47(36(5)29-41-20-22-45(35(4)28-41)64-25-24-55)31-44(56)34(3)27-38(7)49(58)40(9)48(57)37(6)26-32/h11-13,16-17,27,32,34-37,39-43,45-47,49,55,58,62H,14-15,18-26,28-31H2,1-10H3/b13-11+,16-12+,33-17+,38-27+/t32-,34-,35-,36?,37-,39-,40+,41-,42+,43+,45-,46+,47+,49-,53-/m1/s1. The summed E-state index contributed by atoms with van der Waals surface area (Å²) in [7, 11) is 1.59. The Kier molecular flexibility index (Phi) is 21.7. The van der Waals surface area contributed by atoms with Crippen LogP contribution in [0.2, 0.25) is 0 Å². The van der Waals surface area contributed by atoms with Crippen molar-refractivity contribution in [2.24, 2.45) is 47.3 Å². The lowest BCUT2D eigenvalue weighted by Gasteiger charge is -2.42. The average Bonchev–Trinajstić information content (AvgIpc) is 3.29. The lowest BCUT2D eigenvalue weighted by atomic mass is 9.75. The lowest BCUT2D eigenvalue weighted by molar-refractivity contribution is -0.265. The van der Waals surface area contributed by atoms with Crippen molar-refractivity contribution in [1.29, 1.82) is 0 Å². The third-order valence-electron chi connectivity index (χ3n) is 15.0. The van der Waals surface area contributed by atoms with Crippen LogP contribution in [0.4, 0.5) is 0 Å². The van der Waals surface area contributed by atoms with Crippen LogP contribution in [0.1, 0.15) is 139 Å². The molecule has 0 aromatic carbocycles. The fourth-order valence-corrected chi connectivity index (χ4v) is 10.7. The van der Waals surface area contributed by atoms with Crippen LogP contribution in [0.15, 0.2) is 47.6 Å². The maximum Gasteiger partial charge on any atom is 0.329 e. The molecule has 0 radical (unpaired) electrons. The number of ether oxygens (including phenoxy) is 4. The van der Waals surface area contributed by atoms with Gasteiger partial charge in [-0.25, -0.2) is 4.79 Å². The number of amides is 1. The van der Waals surface area contributed by atoms with Gasteiger partial charge in [0.1, 0.15) is 23.7 Å². The molecule has 2 saturated heterocycles. The van der Waals surface area contributed by atoms with Gasteiger partial charge in [0.2, 0.25) is 5.79 Å². The molecule has 2 bridgehead atoms. The normalized spacial score (nSPS) is 40.0.